The Morgan fingerprint density at radius 2 is 2.14 bits per heavy atom. The van der Waals surface area contributed by atoms with E-state index >= 15 is 0 Å². The van der Waals surface area contributed by atoms with Crippen LogP contribution in [0.15, 0.2) is 24.3 Å². The summed E-state index contributed by atoms with van der Waals surface area (Å²) in [5.41, 5.74) is 1.92. The molecule has 0 bridgehead atoms. The minimum atomic E-state index is 0.0408. The van der Waals surface area contributed by atoms with Gasteiger partial charge in [0, 0.05) is 16.5 Å². The highest BCUT2D eigenvalue weighted by molar-refractivity contribution is 14.1. The third-order valence-corrected chi connectivity index (χ3v) is 2.56. The van der Waals surface area contributed by atoms with Gasteiger partial charge in [-0.25, -0.2) is 0 Å². The summed E-state index contributed by atoms with van der Waals surface area (Å²) in [5.74, 6) is 0.0408. The minimum absolute atomic E-state index is 0.0408. The van der Waals surface area contributed by atoms with Crippen molar-refractivity contribution in [3.05, 3.63) is 35.4 Å². The van der Waals surface area contributed by atoms with Gasteiger partial charge in [0.1, 0.15) is 0 Å². The lowest BCUT2D eigenvalue weighted by Gasteiger charge is -2.07. The molecule has 0 heterocycles. The first kappa shape index (κ1) is 11.5. The number of amides is 1. The van der Waals surface area contributed by atoms with E-state index in [2.05, 4.69) is 34.8 Å². The van der Waals surface area contributed by atoms with Gasteiger partial charge in [-0.2, -0.15) is 0 Å². The Hall–Kier alpha value is -0.580. The van der Waals surface area contributed by atoms with Gasteiger partial charge in [0.15, 0.2) is 0 Å². The monoisotopic (exact) mass is 303 g/mol. The summed E-state index contributed by atoms with van der Waals surface area (Å²) in [7, 11) is 0. The van der Waals surface area contributed by atoms with Crippen LogP contribution in [-0.4, -0.2) is 16.9 Å². The normalized spacial score (nSPS) is 9.86. The van der Waals surface area contributed by atoms with Gasteiger partial charge in [-0.15, -0.1) is 0 Å². The topological polar surface area (TPSA) is 29.1 Å². The summed E-state index contributed by atoms with van der Waals surface area (Å²) >= 11 is 2.24. The molecule has 0 saturated carbocycles. The van der Waals surface area contributed by atoms with Gasteiger partial charge < -0.3 is 5.32 Å². The molecule has 0 aliphatic rings. The van der Waals surface area contributed by atoms with Crippen molar-refractivity contribution in [1.29, 1.82) is 0 Å². The number of benzene rings is 1. The lowest BCUT2D eigenvalue weighted by molar-refractivity contribution is 0.0955. The SMILES string of the molecule is CCc1ccccc1C(=O)NCCI. The number of hydrogen-bond acceptors (Lipinski definition) is 1. The molecule has 1 aromatic rings. The van der Waals surface area contributed by atoms with Crippen molar-refractivity contribution in [1.82, 2.24) is 5.32 Å². The Morgan fingerprint density at radius 1 is 1.43 bits per heavy atom. The second kappa shape index (κ2) is 6.01. The van der Waals surface area contributed by atoms with Gasteiger partial charge in [-0.05, 0) is 18.1 Å². The number of halogens is 1. The van der Waals surface area contributed by atoms with E-state index < -0.39 is 0 Å². The predicted molar refractivity (Wildman–Crippen MR) is 67.0 cm³/mol. The lowest BCUT2D eigenvalue weighted by atomic mass is 10.1. The van der Waals surface area contributed by atoms with Crippen LogP contribution >= 0.6 is 22.6 Å². The average molecular weight is 303 g/mol. The third-order valence-electron chi connectivity index (χ3n) is 2.02. The van der Waals surface area contributed by atoms with E-state index in [-0.39, 0.29) is 5.91 Å². The maximum atomic E-state index is 11.7. The van der Waals surface area contributed by atoms with Crippen molar-refractivity contribution < 1.29 is 4.79 Å². The zero-order valence-corrected chi connectivity index (χ0v) is 10.4. The van der Waals surface area contributed by atoms with Crippen LogP contribution in [0.4, 0.5) is 0 Å². The maximum absolute atomic E-state index is 11.7. The predicted octanol–water partition coefficient (Wildman–Crippen LogP) is 2.41. The summed E-state index contributed by atoms with van der Waals surface area (Å²) in [6.45, 7) is 2.79. The van der Waals surface area contributed by atoms with E-state index in [1.165, 1.54) is 0 Å². The third kappa shape index (κ3) is 2.97. The quantitative estimate of drug-likeness (QED) is 0.672. The smallest absolute Gasteiger partial charge is 0.251 e. The minimum Gasteiger partial charge on any atom is -0.351 e. The summed E-state index contributed by atoms with van der Waals surface area (Å²) < 4.78 is 0.942. The number of rotatable bonds is 4. The van der Waals surface area contributed by atoms with E-state index in [4.69, 9.17) is 0 Å². The number of nitrogens with one attached hydrogen (secondary N) is 1. The Balaban J connectivity index is 2.78. The van der Waals surface area contributed by atoms with Crippen molar-refractivity contribution in [3.8, 4) is 0 Å². The number of hydrogen-bond donors (Lipinski definition) is 1. The molecule has 0 aliphatic carbocycles. The molecule has 1 amide bonds. The Morgan fingerprint density at radius 3 is 2.79 bits per heavy atom. The summed E-state index contributed by atoms with van der Waals surface area (Å²) in [6.07, 6.45) is 0.897. The van der Waals surface area contributed by atoms with E-state index in [0.717, 1.165) is 28.5 Å². The first-order chi connectivity index (χ1) is 6.79. The average Bonchev–Trinajstić information content (AvgIpc) is 2.25. The molecule has 2 nitrogen and oxygen atoms in total. The molecule has 14 heavy (non-hydrogen) atoms. The molecule has 3 heteroatoms. The molecule has 1 rings (SSSR count). The molecule has 1 aromatic carbocycles. The van der Waals surface area contributed by atoms with Gasteiger partial charge in [-0.3, -0.25) is 4.79 Å². The fourth-order valence-electron chi connectivity index (χ4n) is 1.31. The summed E-state index contributed by atoms with van der Waals surface area (Å²) in [6, 6.07) is 7.74. The fourth-order valence-corrected chi connectivity index (χ4v) is 1.58. The molecule has 0 atom stereocenters. The standard InChI is InChI=1S/C11H14INO/c1-2-9-5-3-4-6-10(9)11(14)13-8-7-12/h3-6H,2,7-8H2,1H3,(H,13,14). The highest BCUT2D eigenvalue weighted by Gasteiger charge is 2.07. The molecule has 0 saturated heterocycles. The molecule has 0 aromatic heterocycles. The van der Waals surface area contributed by atoms with Gasteiger partial charge in [-0.1, -0.05) is 47.7 Å². The number of carbonyl (C=O) groups excluding carboxylic acids is 1. The van der Waals surface area contributed by atoms with E-state index in [9.17, 15) is 4.79 Å². The number of aryl methyl sites for hydroxylation is 1. The van der Waals surface area contributed by atoms with Crippen molar-refractivity contribution >= 4 is 28.5 Å². The van der Waals surface area contributed by atoms with Crippen LogP contribution in [-0.2, 0) is 6.42 Å². The highest BCUT2D eigenvalue weighted by atomic mass is 127. The van der Waals surface area contributed by atoms with E-state index in [1.807, 2.05) is 24.3 Å². The van der Waals surface area contributed by atoms with Gasteiger partial charge in [0.2, 0.25) is 0 Å². The zero-order chi connectivity index (χ0) is 10.4. The Kier molecular flexibility index (Phi) is 4.93. The van der Waals surface area contributed by atoms with Gasteiger partial charge in [0.05, 0.1) is 0 Å². The largest absolute Gasteiger partial charge is 0.351 e. The Bertz CT molecular complexity index is 312. The maximum Gasteiger partial charge on any atom is 0.251 e. The molecule has 0 spiro atoms. The zero-order valence-electron chi connectivity index (χ0n) is 8.22. The molecule has 1 N–H and O–H groups in total. The van der Waals surface area contributed by atoms with Crippen LogP contribution in [0.1, 0.15) is 22.8 Å². The summed E-state index contributed by atoms with van der Waals surface area (Å²) in [5, 5.41) is 2.88. The van der Waals surface area contributed by atoms with Crippen LogP contribution in [0, 0.1) is 0 Å². The first-order valence-electron chi connectivity index (χ1n) is 4.71. The molecule has 0 radical (unpaired) electrons. The van der Waals surface area contributed by atoms with Crippen LogP contribution < -0.4 is 5.32 Å². The Labute approximate surface area is 98.2 Å². The van der Waals surface area contributed by atoms with Crippen LogP contribution in [0.25, 0.3) is 0 Å². The van der Waals surface area contributed by atoms with Crippen molar-refractivity contribution in [2.45, 2.75) is 13.3 Å². The molecule has 0 aliphatic heterocycles. The second-order valence-electron chi connectivity index (χ2n) is 2.96. The second-order valence-corrected chi connectivity index (χ2v) is 4.03. The van der Waals surface area contributed by atoms with Crippen LogP contribution in [0.2, 0.25) is 0 Å². The van der Waals surface area contributed by atoms with Crippen LogP contribution in [0.5, 0.6) is 0 Å². The molecule has 0 fully saturated rings. The molecular weight excluding hydrogens is 289 g/mol. The van der Waals surface area contributed by atoms with Gasteiger partial charge >= 0.3 is 0 Å². The molecular formula is C11H14INO. The van der Waals surface area contributed by atoms with Crippen LogP contribution in [0.3, 0.4) is 0 Å². The van der Waals surface area contributed by atoms with Crippen molar-refractivity contribution in [3.63, 3.8) is 0 Å². The lowest BCUT2D eigenvalue weighted by Crippen LogP contribution is -2.26. The number of alkyl halides is 1. The molecule has 0 unspecified atom stereocenters. The first-order valence-corrected chi connectivity index (χ1v) is 6.24. The highest BCUT2D eigenvalue weighted by Crippen LogP contribution is 2.08. The van der Waals surface area contributed by atoms with E-state index in [0.29, 0.717) is 0 Å². The molecule has 76 valence electrons. The van der Waals surface area contributed by atoms with Crippen molar-refractivity contribution in [2.24, 2.45) is 0 Å². The van der Waals surface area contributed by atoms with Gasteiger partial charge in [0.25, 0.3) is 5.91 Å². The number of carbonyl (C=O) groups is 1. The fraction of sp³-hybridized carbons (Fsp3) is 0.364. The summed E-state index contributed by atoms with van der Waals surface area (Å²) in [4.78, 5) is 11.7. The van der Waals surface area contributed by atoms with Crippen molar-refractivity contribution in [2.75, 3.05) is 11.0 Å². The van der Waals surface area contributed by atoms with E-state index in [1.54, 1.807) is 0 Å².